The van der Waals surface area contributed by atoms with Gasteiger partial charge in [0.2, 0.25) is 0 Å². The summed E-state index contributed by atoms with van der Waals surface area (Å²) in [6, 6.07) is 6.77. The highest BCUT2D eigenvalue weighted by Crippen LogP contribution is 2.11. The highest BCUT2D eigenvalue weighted by Gasteiger charge is 2.13. The average molecular weight is 321 g/mol. The second-order valence-electron chi connectivity index (χ2n) is 5.58. The Morgan fingerprint density at radius 2 is 2.09 bits per heavy atom. The molecule has 0 aliphatic heterocycles. The molecular formula is C16H23N3O4. The maximum absolute atomic E-state index is 11.8. The summed E-state index contributed by atoms with van der Waals surface area (Å²) in [4.78, 5) is 23.5. The molecule has 2 unspecified atom stereocenters. The van der Waals surface area contributed by atoms with E-state index in [1.54, 1.807) is 18.2 Å². The van der Waals surface area contributed by atoms with Crippen LogP contribution in [-0.2, 0) is 6.54 Å². The van der Waals surface area contributed by atoms with E-state index in [-0.39, 0.29) is 25.0 Å². The molecule has 0 aliphatic carbocycles. The Balaban J connectivity index is 1.81. The quantitative estimate of drug-likeness (QED) is 0.716. The van der Waals surface area contributed by atoms with Gasteiger partial charge in [0.15, 0.2) is 5.58 Å². The zero-order chi connectivity index (χ0) is 16.8. The monoisotopic (exact) mass is 321 g/mol. The minimum Gasteiger partial charge on any atom is -0.408 e. The van der Waals surface area contributed by atoms with E-state index in [1.165, 1.54) is 4.57 Å². The Morgan fingerprint density at radius 1 is 1.35 bits per heavy atom. The summed E-state index contributed by atoms with van der Waals surface area (Å²) >= 11 is 0. The molecule has 0 bridgehead atoms. The Kier molecular flexibility index (Phi) is 5.81. The molecule has 2 aromatic rings. The van der Waals surface area contributed by atoms with Gasteiger partial charge < -0.3 is 20.2 Å². The van der Waals surface area contributed by atoms with Gasteiger partial charge in [0.25, 0.3) is 0 Å². The van der Waals surface area contributed by atoms with Crippen molar-refractivity contribution in [3.05, 3.63) is 34.8 Å². The fourth-order valence-corrected chi connectivity index (χ4v) is 2.24. The summed E-state index contributed by atoms with van der Waals surface area (Å²) in [7, 11) is 0. The van der Waals surface area contributed by atoms with Crippen LogP contribution < -0.4 is 16.4 Å². The fraction of sp³-hybridized carbons (Fsp3) is 0.500. The number of aliphatic hydroxyl groups excluding tert-OH is 1. The SMILES string of the molecule is CCC(C)C(O)CNC(=O)NCCn1c(=O)oc2ccccc21. The molecule has 0 fully saturated rings. The summed E-state index contributed by atoms with van der Waals surface area (Å²) < 4.78 is 6.60. The van der Waals surface area contributed by atoms with E-state index >= 15 is 0 Å². The molecule has 2 atom stereocenters. The standard InChI is InChI=1S/C16H23N3O4/c1-3-11(2)13(20)10-18-15(21)17-8-9-19-12-6-4-5-7-14(12)23-16(19)22/h4-7,11,13,20H,3,8-10H2,1-2H3,(H2,17,18,21). The van der Waals surface area contributed by atoms with E-state index in [9.17, 15) is 14.7 Å². The summed E-state index contributed by atoms with van der Waals surface area (Å²) in [6.45, 7) is 4.73. The fourth-order valence-electron chi connectivity index (χ4n) is 2.24. The van der Waals surface area contributed by atoms with Crippen molar-refractivity contribution in [2.24, 2.45) is 5.92 Å². The van der Waals surface area contributed by atoms with Crippen molar-refractivity contribution in [2.45, 2.75) is 32.9 Å². The minimum atomic E-state index is -0.564. The van der Waals surface area contributed by atoms with Crippen LogP contribution in [0, 0.1) is 5.92 Å². The number of nitrogens with one attached hydrogen (secondary N) is 2. The summed E-state index contributed by atoms with van der Waals surface area (Å²) in [5, 5.41) is 15.1. The lowest BCUT2D eigenvalue weighted by molar-refractivity contribution is 0.114. The van der Waals surface area contributed by atoms with Gasteiger partial charge in [0, 0.05) is 19.6 Å². The number of amides is 2. The average Bonchev–Trinajstić information content (AvgIpc) is 2.87. The molecule has 0 radical (unpaired) electrons. The van der Waals surface area contributed by atoms with E-state index < -0.39 is 11.9 Å². The van der Waals surface area contributed by atoms with Crippen LogP contribution in [-0.4, -0.2) is 34.9 Å². The number of carbonyl (C=O) groups excluding carboxylic acids is 1. The first kappa shape index (κ1) is 17.1. The van der Waals surface area contributed by atoms with Crippen LogP contribution in [0.4, 0.5) is 4.79 Å². The minimum absolute atomic E-state index is 0.131. The van der Waals surface area contributed by atoms with Crippen molar-refractivity contribution in [3.8, 4) is 0 Å². The molecule has 0 aliphatic rings. The molecule has 23 heavy (non-hydrogen) atoms. The molecule has 7 nitrogen and oxygen atoms in total. The predicted molar refractivity (Wildman–Crippen MR) is 87.3 cm³/mol. The van der Waals surface area contributed by atoms with Crippen LogP contribution in [0.5, 0.6) is 0 Å². The third-order valence-electron chi connectivity index (χ3n) is 3.97. The maximum atomic E-state index is 11.8. The molecule has 1 aromatic carbocycles. The molecule has 7 heteroatoms. The largest absolute Gasteiger partial charge is 0.420 e. The number of aromatic nitrogens is 1. The number of hydrogen-bond acceptors (Lipinski definition) is 4. The zero-order valence-corrected chi connectivity index (χ0v) is 13.4. The number of benzene rings is 1. The van der Waals surface area contributed by atoms with E-state index in [0.29, 0.717) is 17.6 Å². The van der Waals surface area contributed by atoms with E-state index in [1.807, 2.05) is 19.9 Å². The van der Waals surface area contributed by atoms with Crippen molar-refractivity contribution in [1.29, 1.82) is 0 Å². The first-order valence-electron chi connectivity index (χ1n) is 7.81. The predicted octanol–water partition coefficient (Wildman–Crippen LogP) is 1.30. The topological polar surface area (TPSA) is 96.5 Å². The molecule has 3 N–H and O–H groups in total. The summed E-state index contributed by atoms with van der Waals surface area (Å²) in [5.74, 6) is -0.313. The number of carbonyl (C=O) groups is 1. The van der Waals surface area contributed by atoms with E-state index in [4.69, 9.17) is 4.42 Å². The number of para-hydroxylation sites is 2. The molecule has 2 rings (SSSR count). The van der Waals surface area contributed by atoms with Crippen LogP contribution >= 0.6 is 0 Å². The number of nitrogens with zero attached hydrogens (tertiary/aromatic N) is 1. The van der Waals surface area contributed by atoms with Crippen molar-refractivity contribution < 1.29 is 14.3 Å². The van der Waals surface area contributed by atoms with Gasteiger partial charge in [0.1, 0.15) is 0 Å². The zero-order valence-electron chi connectivity index (χ0n) is 13.4. The van der Waals surface area contributed by atoms with Gasteiger partial charge in [0.05, 0.1) is 11.6 Å². The highest BCUT2D eigenvalue weighted by atomic mass is 16.4. The van der Waals surface area contributed by atoms with E-state index in [0.717, 1.165) is 6.42 Å². The first-order chi connectivity index (χ1) is 11.0. The van der Waals surface area contributed by atoms with Gasteiger partial charge in [-0.3, -0.25) is 4.57 Å². The molecular weight excluding hydrogens is 298 g/mol. The third kappa shape index (κ3) is 4.35. The number of urea groups is 1. The molecule has 0 saturated heterocycles. The Morgan fingerprint density at radius 3 is 2.83 bits per heavy atom. The molecule has 0 saturated carbocycles. The molecule has 126 valence electrons. The van der Waals surface area contributed by atoms with Crippen molar-refractivity contribution in [2.75, 3.05) is 13.1 Å². The molecule has 0 spiro atoms. The van der Waals surface area contributed by atoms with Gasteiger partial charge in [-0.1, -0.05) is 32.4 Å². The van der Waals surface area contributed by atoms with Gasteiger partial charge in [-0.2, -0.15) is 0 Å². The number of rotatable bonds is 7. The molecule has 1 heterocycles. The lowest BCUT2D eigenvalue weighted by atomic mass is 10.0. The van der Waals surface area contributed by atoms with Crippen LogP contribution in [0.25, 0.3) is 11.1 Å². The van der Waals surface area contributed by atoms with Gasteiger partial charge in [-0.15, -0.1) is 0 Å². The number of aliphatic hydroxyl groups is 1. The second kappa shape index (κ2) is 7.82. The lowest BCUT2D eigenvalue weighted by Crippen LogP contribution is -2.42. The van der Waals surface area contributed by atoms with E-state index in [2.05, 4.69) is 10.6 Å². The molecule has 2 amide bonds. The molecule has 1 aromatic heterocycles. The van der Waals surface area contributed by atoms with Gasteiger partial charge in [-0.25, -0.2) is 9.59 Å². The van der Waals surface area contributed by atoms with Crippen molar-refractivity contribution in [3.63, 3.8) is 0 Å². The number of hydrogen-bond donors (Lipinski definition) is 3. The third-order valence-corrected chi connectivity index (χ3v) is 3.97. The Hall–Kier alpha value is -2.28. The smallest absolute Gasteiger partial charge is 0.408 e. The van der Waals surface area contributed by atoms with Gasteiger partial charge >= 0.3 is 11.8 Å². The summed E-state index contributed by atoms with van der Waals surface area (Å²) in [5.41, 5.74) is 1.23. The highest BCUT2D eigenvalue weighted by molar-refractivity contribution is 5.74. The Bertz CT molecular complexity index is 707. The van der Waals surface area contributed by atoms with Gasteiger partial charge in [-0.05, 0) is 18.1 Å². The Labute approximate surface area is 134 Å². The van der Waals surface area contributed by atoms with Crippen LogP contribution in [0.2, 0.25) is 0 Å². The second-order valence-corrected chi connectivity index (χ2v) is 5.58. The van der Waals surface area contributed by atoms with Crippen molar-refractivity contribution >= 4 is 17.1 Å². The van der Waals surface area contributed by atoms with Crippen LogP contribution in [0.3, 0.4) is 0 Å². The maximum Gasteiger partial charge on any atom is 0.420 e. The van der Waals surface area contributed by atoms with Crippen LogP contribution in [0.15, 0.2) is 33.5 Å². The summed E-state index contributed by atoms with van der Waals surface area (Å²) in [6.07, 6.45) is 0.284. The first-order valence-corrected chi connectivity index (χ1v) is 7.81. The van der Waals surface area contributed by atoms with Crippen molar-refractivity contribution in [1.82, 2.24) is 15.2 Å². The number of fused-ring (bicyclic) bond motifs is 1. The number of oxazole rings is 1. The van der Waals surface area contributed by atoms with Crippen LogP contribution in [0.1, 0.15) is 20.3 Å². The normalized spacial score (nSPS) is 13.7. The lowest BCUT2D eigenvalue weighted by Gasteiger charge is -2.17.